The third-order valence-electron chi connectivity index (χ3n) is 3.78. The third-order valence-corrected chi connectivity index (χ3v) is 3.78. The highest BCUT2D eigenvalue weighted by Gasteiger charge is 2.16. The number of ether oxygens (including phenoxy) is 1. The molecule has 0 amide bonds. The van der Waals surface area contributed by atoms with E-state index >= 15 is 0 Å². The van der Waals surface area contributed by atoms with Crippen molar-refractivity contribution in [3.8, 4) is 5.75 Å². The molecule has 1 fully saturated rings. The minimum atomic E-state index is -0.386. The number of benzene rings is 1. The maximum absolute atomic E-state index is 11.0. The van der Waals surface area contributed by atoms with E-state index in [1.807, 2.05) is 13.0 Å². The van der Waals surface area contributed by atoms with E-state index in [-0.39, 0.29) is 10.6 Å². The molecular formula is C15H23N3O3. The number of piperazine rings is 1. The summed E-state index contributed by atoms with van der Waals surface area (Å²) in [4.78, 5) is 15.3. The standard InChI is InChI=1S/C15H23N3O3/c1-13-4-5-15(14(12-13)18(19)20)21-11-3-6-17-9-7-16(2)8-10-17/h4-5,12H,3,6-11H2,1-2H3. The minimum Gasteiger partial charge on any atom is -0.487 e. The van der Waals surface area contributed by atoms with Crippen LogP contribution in [0.1, 0.15) is 12.0 Å². The minimum absolute atomic E-state index is 0.0506. The Kier molecular flexibility index (Phi) is 5.52. The molecule has 0 aliphatic carbocycles. The Balaban J connectivity index is 1.77. The molecule has 1 aliphatic rings. The fraction of sp³-hybridized carbons (Fsp3) is 0.600. The van der Waals surface area contributed by atoms with Gasteiger partial charge in [0.05, 0.1) is 11.5 Å². The molecule has 1 heterocycles. The van der Waals surface area contributed by atoms with Crippen LogP contribution in [0.5, 0.6) is 5.75 Å². The van der Waals surface area contributed by atoms with E-state index in [1.54, 1.807) is 12.1 Å². The molecule has 0 radical (unpaired) electrons. The Labute approximate surface area is 125 Å². The highest BCUT2D eigenvalue weighted by atomic mass is 16.6. The van der Waals surface area contributed by atoms with Crippen molar-refractivity contribution in [3.63, 3.8) is 0 Å². The maximum Gasteiger partial charge on any atom is 0.311 e. The van der Waals surface area contributed by atoms with Crippen molar-refractivity contribution in [3.05, 3.63) is 33.9 Å². The van der Waals surface area contributed by atoms with Crippen molar-refractivity contribution in [2.24, 2.45) is 0 Å². The lowest BCUT2D eigenvalue weighted by molar-refractivity contribution is -0.385. The summed E-state index contributed by atoms with van der Waals surface area (Å²) in [5.74, 6) is 0.365. The summed E-state index contributed by atoms with van der Waals surface area (Å²) in [6.07, 6.45) is 0.884. The summed E-state index contributed by atoms with van der Waals surface area (Å²) in [7, 11) is 2.14. The zero-order valence-electron chi connectivity index (χ0n) is 12.7. The first-order valence-electron chi connectivity index (χ1n) is 7.35. The highest BCUT2D eigenvalue weighted by molar-refractivity contribution is 5.48. The van der Waals surface area contributed by atoms with Gasteiger partial charge in [-0.15, -0.1) is 0 Å². The van der Waals surface area contributed by atoms with Crippen LogP contribution in [0.2, 0.25) is 0 Å². The summed E-state index contributed by atoms with van der Waals surface area (Å²) in [6.45, 7) is 7.70. The largest absolute Gasteiger partial charge is 0.487 e. The van der Waals surface area contributed by atoms with Gasteiger partial charge in [-0.1, -0.05) is 6.07 Å². The Morgan fingerprint density at radius 3 is 2.67 bits per heavy atom. The van der Waals surface area contributed by atoms with Crippen molar-refractivity contribution < 1.29 is 9.66 Å². The van der Waals surface area contributed by atoms with Gasteiger partial charge in [0.25, 0.3) is 0 Å². The lowest BCUT2D eigenvalue weighted by Gasteiger charge is -2.32. The van der Waals surface area contributed by atoms with E-state index in [1.165, 1.54) is 0 Å². The Morgan fingerprint density at radius 2 is 2.00 bits per heavy atom. The molecule has 116 valence electrons. The summed E-state index contributed by atoms with van der Waals surface area (Å²) in [6, 6.07) is 5.07. The van der Waals surface area contributed by atoms with Crippen molar-refractivity contribution in [2.75, 3.05) is 46.4 Å². The molecule has 1 aliphatic heterocycles. The SMILES string of the molecule is Cc1ccc(OCCCN2CCN(C)CC2)c([N+](=O)[O-])c1. The predicted molar refractivity (Wildman–Crippen MR) is 81.9 cm³/mol. The number of nitro benzene ring substituents is 1. The monoisotopic (exact) mass is 293 g/mol. The van der Waals surface area contributed by atoms with Crippen molar-refractivity contribution in [1.82, 2.24) is 9.80 Å². The lowest BCUT2D eigenvalue weighted by atomic mass is 10.2. The predicted octanol–water partition coefficient (Wildman–Crippen LogP) is 1.92. The number of aryl methyl sites for hydroxylation is 1. The number of nitro groups is 1. The second-order valence-corrected chi connectivity index (χ2v) is 5.58. The van der Waals surface area contributed by atoms with Crippen LogP contribution in [0.4, 0.5) is 5.69 Å². The number of likely N-dealkylation sites (N-methyl/N-ethyl adjacent to an activating group) is 1. The van der Waals surface area contributed by atoms with Gasteiger partial charge in [0.2, 0.25) is 0 Å². The first kappa shape index (κ1) is 15.7. The first-order valence-corrected chi connectivity index (χ1v) is 7.35. The Hall–Kier alpha value is -1.66. The molecule has 6 heteroatoms. The van der Waals surface area contributed by atoms with E-state index in [9.17, 15) is 10.1 Å². The first-order chi connectivity index (χ1) is 10.1. The summed E-state index contributed by atoms with van der Waals surface area (Å²) >= 11 is 0. The Morgan fingerprint density at radius 1 is 1.29 bits per heavy atom. The molecule has 21 heavy (non-hydrogen) atoms. The molecule has 0 saturated carbocycles. The van der Waals surface area contributed by atoms with Crippen LogP contribution in [0, 0.1) is 17.0 Å². The van der Waals surface area contributed by atoms with Crippen molar-refractivity contribution in [2.45, 2.75) is 13.3 Å². The number of rotatable bonds is 6. The van der Waals surface area contributed by atoms with Gasteiger partial charge in [0.15, 0.2) is 5.75 Å². The second-order valence-electron chi connectivity index (χ2n) is 5.58. The van der Waals surface area contributed by atoms with Crippen LogP contribution in [-0.4, -0.2) is 61.1 Å². The normalized spacial score (nSPS) is 16.9. The lowest BCUT2D eigenvalue weighted by Crippen LogP contribution is -2.44. The summed E-state index contributed by atoms with van der Waals surface area (Å²) in [5.41, 5.74) is 0.918. The molecule has 0 unspecified atom stereocenters. The van der Waals surface area contributed by atoms with Gasteiger partial charge in [-0.2, -0.15) is 0 Å². The fourth-order valence-corrected chi connectivity index (χ4v) is 2.43. The smallest absolute Gasteiger partial charge is 0.311 e. The number of nitrogens with zero attached hydrogens (tertiary/aromatic N) is 3. The average Bonchev–Trinajstić information content (AvgIpc) is 2.46. The van der Waals surface area contributed by atoms with Crippen LogP contribution in [0.15, 0.2) is 18.2 Å². The molecule has 0 aromatic heterocycles. The van der Waals surface area contributed by atoms with Crippen LogP contribution < -0.4 is 4.74 Å². The van der Waals surface area contributed by atoms with E-state index in [2.05, 4.69) is 16.8 Å². The van der Waals surface area contributed by atoms with E-state index < -0.39 is 0 Å². The fourth-order valence-electron chi connectivity index (χ4n) is 2.43. The average molecular weight is 293 g/mol. The van der Waals surface area contributed by atoms with Crippen LogP contribution >= 0.6 is 0 Å². The van der Waals surface area contributed by atoms with Gasteiger partial charge in [0, 0.05) is 38.8 Å². The van der Waals surface area contributed by atoms with Gasteiger partial charge >= 0.3 is 5.69 Å². The zero-order chi connectivity index (χ0) is 15.2. The highest BCUT2D eigenvalue weighted by Crippen LogP contribution is 2.27. The molecule has 6 nitrogen and oxygen atoms in total. The second kappa shape index (κ2) is 7.38. The van der Waals surface area contributed by atoms with E-state index in [4.69, 9.17) is 4.74 Å². The molecule has 1 aromatic rings. The zero-order valence-corrected chi connectivity index (χ0v) is 12.7. The molecule has 1 aromatic carbocycles. The van der Waals surface area contributed by atoms with E-state index in [0.29, 0.717) is 12.4 Å². The Bertz CT molecular complexity index is 485. The van der Waals surface area contributed by atoms with Gasteiger partial charge in [-0.3, -0.25) is 10.1 Å². The molecule has 0 bridgehead atoms. The maximum atomic E-state index is 11.0. The van der Waals surface area contributed by atoms with Gasteiger partial charge in [-0.25, -0.2) is 0 Å². The molecule has 0 spiro atoms. The van der Waals surface area contributed by atoms with Crippen LogP contribution in [-0.2, 0) is 0 Å². The molecular weight excluding hydrogens is 270 g/mol. The van der Waals surface area contributed by atoms with Crippen molar-refractivity contribution in [1.29, 1.82) is 0 Å². The van der Waals surface area contributed by atoms with Gasteiger partial charge in [0.1, 0.15) is 0 Å². The topological polar surface area (TPSA) is 58.8 Å². The molecule has 2 rings (SSSR count). The number of hydrogen-bond acceptors (Lipinski definition) is 5. The van der Waals surface area contributed by atoms with Gasteiger partial charge in [-0.05, 0) is 32.0 Å². The third kappa shape index (κ3) is 4.68. The molecule has 0 atom stereocenters. The summed E-state index contributed by atoms with van der Waals surface area (Å²) < 4.78 is 5.59. The summed E-state index contributed by atoms with van der Waals surface area (Å²) in [5, 5.41) is 11.0. The van der Waals surface area contributed by atoms with Crippen LogP contribution in [0.3, 0.4) is 0 Å². The molecule has 1 saturated heterocycles. The molecule has 0 N–H and O–H groups in total. The van der Waals surface area contributed by atoms with Gasteiger partial charge < -0.3 is 14.5 Å². The number of hydrogen-bond donors (Lipinski definition) is 0. The van der Waals surface area contributed by atoms with Crippen LogP contribution in [0.25, 0.3) is 0 Å². The van der Waals surface area contributed by atoms with Crippen molar-refractivity contribution >= 4 is 5.69 Å². The van der Waals surface area contributed by atoms with E-state index in [0.717, 1.165) is 44.7 Å². The quantitative estimate of drug-likeness (QED) is 0.455.